The molecule has 0 aliphatic carbocycles. The van der Waals surface area contributed by atoms with Gasteiger partial charge in [0.15, 0.2) is 0 Å². The van der Waals surface area contributed by atoms with Crippen molar-refractivity contribution in [1.29, 1.82) is 0 Å². The lowest BCUT2D eigenvalue weighted by molar-refractivity contribution is -0.385. The van der Waals surface area contributed by atoms with E-state index < -0.39 is 10.7 Å². The highest BCUT2D eigenvalue weighted by Crippen LogP contribution is 2.17. The SMILES string of the molecule is CN(CCO)Cc1cc(F)cc([N+](=O)[O-])c1. The average molecular weight is 228 g/mol. The second-order valence-corrected chi connectivity index (χ2v) is 3.54. The summed E-state index contributed by atoms with van der Waals surface area (Å²) in [7, 11) is 1.74. The van der Waals surface area contributed by atoms with Crippen LogP contribution in [0.4, 0.5) is 10.1 Å². The lowest BCUT2D eigenvalue weighted by Gasteiger charge is -2.14. The fraction of sp³-hybridized carbons (Fsp3) is 0.400. The van der Waals surface area contributed by atoms with Crippen LogP contribution in [0.3, 0.4) is 0 Å². The van der Waals surface area contributed by atoms with Crippen molar-refractivity contribution in [2.45, 2.75) is 6.54 Å². The monoisotopic (exact) mass is 228 g/mol. The molecule has 16 heavy (non-hydrogen) atoms. The summed E-state index contributed by atoms with van der Waals surface area (Å²) in [6.07, 6.45) is 0. The molecule has 0 amide bonds. The Morgan fingerprint density at radius 1 is 1.50 bits per heavy atom. The van der Waals surface area contributed by atoms with Gasteiger partial charge in [0.05, 0.1) is 17.6 Å². The molecule has 1 aromatic rings. The highest BCUT2D eigenvalue weighted by Gasteiger charge is 2.10. The molecule has 0 radical (unpaired) electrons. The molecule has 0 fully saturated rings. The van der Waals surface area contributed by atoms with E-state index in [2.05, 4.69) is 0 Å². The van der Waals surface area contributed by atoms with E-state index >= 15 is 0 Å². The Kier molecular flexibility index (Phi) is 4.33. The van der Waals surface area contributed by atoms with E-state index in [0.717, 1.165) is 6.07 Å². The molecule has 1 N–H and O–H groups in total. The van der Waals surface area contributed by atoms with Crippen LogP contribution in [0.2, 0.25) is 0 Å². The number of likely N-dealkylation sites (N-methyl/N-ethyl adjacent to an activating group) is 1. The van der Waals surface area contributed by atoms with Gasteiger partial charge in [-0.05, 0) is 18.7 Å². The molecule has 6 heteroatoms. The minimum atomic E-state index is -0.626. The summed E-state index contributed by atoms with van der Waals surface area (Å²) in [5.74, 6) is -0.624. The van der Waals surface area contributed by atoms with Crippen LogP contribution in [-0.4, -0.2) is 35.1 Å². The van der Waals surface area contributed by atoms with Crippen LogP contribution in [0.5, 0.6) is 0 Å². The van der Waals surface area contributed by atoms with Crippen molar-refractivity contribution >= 4 is 5.69 Å². The summed E-state index contributed by atoms with van der Waals surface area (Å²) in [4.78, 5) is 11.6. The van der Waals surface area contributed by atoms with Gasteiger partial charge in [0.1, 0.15) is 5.82 Å². The molecule has 0 atom stereocenters. The molecule has 1 rings (SSSR count). The number of rotatable bonds is 5. The predicted molar refractivity (Wildman–Crippen MR) is 56.5 cm³/mol. The quantitative estimate of drug-likeness (QED) is 0.606. The molecule has 0 aliphatic rings. The van der Waals surface area contributed by atoms with Crippen LogP contribution in [0.15, 0.2) is 18.2 Å². The predicted octanol–water partition coefficient (Wildman–Crippen LogP) is 1.16. The second kappa shape index (κ2) is 5.53. The molecule has 0 aromatic heterocycles. The zero-order valence-electron chi connectivity index (χ0n) is 8.89. The van der Waals surface area contributed by atoms with Gasteiger partial charge >= 0.3 is 0 Å². The maximum absolute atomic E-state index is 13.1. The third-order valence-electron chi connectivity index (χ3n) is 2.09. The normalized spacial score (nSPS) is 10.8. The Bertz CT molecular complexity index is 384. The lowest BCUT2D eigenvalue weighted by atomic mass is 10.2. The number of aliphatic hydroxyl groups excluding tert-OH is 1. The third kappa shape index (κ3) is 3.56. The van der Waals surface area contributed by atoms with E-state index in [9.17, 15) is 14.5 Å². The summed E-state index contributed by atoms with van der Waals surface area (Å²) in [6, 6.07) is 3.47. The molecular weight excluding hydrogens is 215 g/mol. The number of hydrogen-bond acceptors (Lipinski definition) is 4. The number of nitro groups is 1. The fourth-order valence-electron chi connectivity index (χ4n) is 1.39. The number of nitrogens with zero attached hydrogens (tertiary/aromatic N) is 2. The Balaban J connectivity index is 2.84. The van der Waals surface area contributed by atoms with Crippen molar-refractivity contribution in [3.63, 3.8) is 0 Å². The van der Waals surface area contributed by atoms with E-state index in [-0.39, 0.29) is 12.3 Å². The molecule has 0 heterocycles. The van der Waals surface area contributed by atoms with Crippen molar-refractivity contribution in [2.24, 2.45) is 0 Å². The highest BCUT2D eigenvalue weighted by molar-refractivity contribution is 5.35. The second-order valence-electron chi connectivity index (χ2n) is 3.54. The van der Waals surface area contributed by atoms with Crippen molar-refractivity contribution < 1.29 is 14.4 Å². The molecule has 0 saturated carbocycles. The maximum atomic E-state index is 13.1. The standard InChI is InChI=1S/C10H13FN2O3/c1-12(2-3-14)7-8-4-9(11)6-10(5-8)13(15)16/h4-6,14H,2-3,7H2,1H3. The first-order valence-corrected chi connectivity index (χ1v) is 4.76. The summed E-state index contributed by atoms with van der Waals surface area (Å²) < 4.78 is 13.1. The van der Waals surface area contributed by atoms with E-state index in [1.165, 1.54) is 12.1 Å². The van der Waals surface area contributed by atoms with Crippen LogP contribution in [0.1, 0.15) is 5.56 Å². The number of hydrogen-bond donors (Lipinski definition) is 1. The smallest absolute Gasteiger partial charge is 0.272 e. The fourth-order valence-corrected chi connectivity index (χ4v) is 1.39. The van der Waals surface area contributed by atoms with Gasteiger partial charge in [-0.15, -0.1) is 0 Å². The van der Waals surface area contributed by atoms with Crippen molar-refractivity contribution in [3.8, 4) is 0 Å². The van der Waals surface area contributed by atoms with Crippen LogP contribution in [0, 0.1) is 15.9 Å². The topological polar surface area (TPSA) is 66.6 Å². The van der Waals surface area contributed by atoms with Gasteiger partial charge < -0.3 is 5.11 Å². The summed E-state index contributed by atoms with van der Waals surface area (Å²) in [5.41, 5.74) is 0.259. The molecule has 0 saturated heterocycles. The first-order valence-electron chi connectivity index (χ1n) is 4.76. The minimum absolute atomic E-state index is 0.00604. The highest BCUT2D eigenvalue weighted by atomic mass is 19.1. The van der Waals surface area contributed by atoms with Gasteiger partial charge in [0.2, 0.25) is 0 Å². The van der Waals surface area contributed by atoms with E-state index in [4.69, 9.17) is 5.11 Å². The zero-order chi connectivity index (χ0) is 12.1. The van der Waals surface area contributed by atoms with Gasteiger partial charge in [-0.25, -0.2) is 4.39 Å². The van der Waals surface area contributed by atoms with Crippen LogP contribution in [-0.2, 0) is 6.54 Å². The number of aliphatic hydroxyl groups is 1. The van der Waals surface area contributed by atoms with Crippen molar-refractivity contribution in [1.82, 2.24) is 4.90 Å². The molecule has 0 unspecified atom stereocenters. The van der Waals surface area contributed by atoms with E-state index in [1.54, 1.807) is 11.9 Å². The summed E-state index contributed by atoms with van der Waals surface area (Å²) in [6.45, 7) is 0.789. The first kappa shape index (κ1) is 12.5. The van der Waals surface area contributed by atoms with Gasteiger partial charge in [-0.2, -0.15) is 0 Å². The maximum Gasteiger partial charge on any atom is 0.272 e. The molecule has 1 aromatic carbocycles. The molecule has 0 aliphatic heterocycles. The summed E-state index contributed by atoms with van der Waals surface area (Å²) >= 11 is 0. The average Bonchev–Trinajstić information content (AvgIpc) is 2.16. The van der Waals surface area contributed by atoms with E-state index in [1.807, 2.05) is 0 Å². The Morgan fingerprint density at radius 3 is 2.75 bits per heavy atom. The van der Waals surface area contributed by atoms with E-state index in [0.29, 0.717) is 18.7 Å². The largest absolute Gasteiger partial charge is 0.395 e. The number of halogens is 1. The van der Waals surface area contributed by atoms with Gasteiger partial charge in [0, 0.05) is 19.2 Å². The van der Waals surface area contributed by atoms with Crippen molar-refractivity contribution in [3.05, 3.63) is 39.7 Å². The molecule has 0 bridgehead atoms. The van der Waals surface area contributed by atoms with Crippen LogP contribution >= 0.6 is 0 Å². The number of nitro benzene ring substituents is 1. The third-order valence-corrected chi connectivity index (χ3v) is 2.09. The molecule has 0 spiro atoms. The first-order chi connectivity index (χ1) is 7.52. The lowest BCUT2D eigenvalue weighted by Crippen LogP contribution is -2.21. The summed E-state index contributed by atoms with van der Waals surface area (Å²) in [5, 5.41) is 19.2. The van der Waals surface area contributed by atoms with Gasteiger partial charge in [-0.3, -0.25) is 15.0 Å². The number of benzene rings is 1. The van der Waals surface area contributed by atoms with Crippen LogP contribution in [0.25, 0.3) is 0 Å². The Morgan fingerprint density at radius 2 is 2.19 bits per heavy atom. The van der Waals surface area contributed by atoms with Crippen LogP contribution < -0.4 is 0 Å². The molecule has 88 valence electrons. The molecular formula is C10H13FN2O3. The number of non-ortho nitro benzene ring substituents is 1. The minimum Gasteiger partial charge on any atom is -0.395 e. The van der Waals surface area contributed by atoms with Crippen molar-refractivity contribution in [2.75, 3.05) is 20.2 Å². The van der Waals surface area contributed by atoms with Gasteiger partial charge in [0.25, 0.3) is 5.69 Å². The Labute approximate surface area is 92.3 Å². The zero-order valence-corrected chi connectivity index (χ0v) is 8.89. The van der Waals surface area contributed by atoms with Gasteiger partial charge in [-0.1, -0.05) is 0 Å². The molecule has 5 nitrogen and oxygen atoms in total. The Hall–Kier alpha value is -1.53.